The van der Waals surface area contributed by atoms with Crippen LogP contribution in [-0.2, 0) is 15.7 Å². The molecule has 2 heterocycles. The molecule has 3 aromatic rings. The fourth-order valence-electron chi connectivity index (χ4n) is 2.46. The number of pyridine rings is 1. The summed E-state index contributed by atoms with van der Waals surface area (Å²) in [7, 11) is 0.376. The first-order valence-electron chi connectivity index (χ1n) is 7.51. The molecule has 1 unspecified atom stereocenters. The van der Waals surface area contributed by atoms with Crippen molar-refractivity contribution in [3.05, 3.63) is 42.1 Å². The number of hydrogen-bond donors (Lipinski definition) is 0. The molecule has 0 bridgehead atoms. The first-order valence-corrected chi connectivity index (χ1v) is 9.03. The number of rotatable bonds is 6. The van der Waals surface area contributed by atoms with E-state index in [4.69, 9.17) is 9.47 Å². The van der Waals surface area contributed by atoms with Crippen molar-refractivity contribution in [1.82, 2.24) is 13.9 Å². The molecule has 0 radical (unpaired) electrons. The zero-order valence-corrected chi connectivity index (χ0v) is 14.7. The van der Waals surface area contributed by atoms with E-state index in [2.05, 4.69) is 9.97 Å². The topological polar surface area (TPSA) is 66.2 Å². The minimum Gasteiger partial charge on any atom is -0.491 e. The molecule has 0 saturated heterocycles. The molecule has 0 aliphatic carbocycles. The van der Waals surface area contributed by atoms with Crippen LogP contribution >= 0.6 is 0 Å². The average Bonchev–Trinajstić information content (AvgIpc) is 2.94. The molecule has 126 valence electrons. The number of methoxy groups -OCH3 is 1. The summed E-state index contributed by atoms with van der Waals surface area (Å²) in [5.41, 5.74) is 3.34. The molecular formula is C17H19N3O3S. The number of hydrogen-bond acceptors (Lipinski definition) is 5. The summed E-state index contributed by atoms with van der Waals surface area (Å²) in [5, 5.41) is 0. The van der Waals surface area contributed by atoms with Gasteiger partial charge >= 0.3 is 0 Å². The monoisotopic (exact) mass is 345 g/mol. The van der Waals surface area contributed by atoms with E-state index in [1.165, 1.54) is 0 Å². The Bertz CT molecular complexity index is 892. The summed E-state index contributed by atoms with van der Waals surface area (Å²) in [6, 6.07) is 9.46. The summed E-state index contributed by atoms with van der Waals surface area (Å²) >= 11 is 0. The Kier molecular flexibility index (Phi) is 4.92. The lowest BCUT2D eigenvalue weighted by molar-refractivity contribution is 0.146. The lowest BCUT2D eigenvalue weighted by Crippen LogP contribution is -2.06. The number of imidazole rings is 1. The molecule has 3 rings (SSSR count). The SMILES string of the molecule is COCCOc1ccnc(-c2nc3cc(C)ccc3n2S(C)=O)c1. The quantitative estimate of drug-likeness (QED) is 0.643. The average molecular weight is 345 g/mol. The molecule has 6 nitrogen and oxygen atoms in total. The highest BCUT2D eigenvalue weighted by atomic mass is 32.2. The maximum absolute atomic E-state index is 12.3. The standard InChI is InChI=1S/C17H19N3O3S/c1-12-4-5-16-14(10-12)19-17(20(16)24(3)21)15-11-13(6-7-18-15)23-9-8-22-2/h4-7,10-11H,8-9H2,1-3H3. The Hall–Kier alpha value is -2.25. The molecule has 7 heteroatoms. The number of aryl methyl sites for hydroxylation is 1. The predicted molar refractivity (Wildman–Crippen MR) is 94.5 cm³/mol. The Morgan fingerprint density at radius 1 is 1.21 bits per heavy atom. The van der Waals surface area contributed by atoms with Crippen molar-refractivity contribution in [3.63, 3.8) is 0 Å². The molecule has 1 atom stereocenters. The third-order valence-corrected chi connectivity index (χ3v) is 4.43. The van der Waals surface area contributed by atoms with Gasteiger partial charge in [0.15, 0.2) is 5.82 Å². The molecule has 1 aromatic carbocycles. The number of benzene rings is 1. The Morgan fingerprint density at radius 3 is 2.79 bits per heavy atom. The second-order valence-corrected chi connectivity index (χ2v) is 6.58. The van der Waals surface area contributed by atoms with Crippen molar-refractivity contribution in [2.24, 2.45) is 0 Å². The zero-order chi connectivity index (χ0) is 17.1. The van der Waals surface area contributed by atoms with Crippen LogP contribution in [-0.4, -0.2) is 44.7 Å². The second-order valence-electron chi connectivity index (χ2n) is 5.36. The third-order valence-electron chi connectivity index (χ3n) is 3.54. The molecule has 0 amide bonds. The Balaban J connectivity index is 2.07. The summed E-state index contributed by atoms with van der Waals surface area (Å²) in [6.07, 6.45) is 3.29. The smallest absolute Gasteiger partial charge is 0.172 e. The van der Waals surface area contributed by atoms with Crippen LogP contribution in [0.3, 0.4) is 0 Å². The highest BCUT2D eigenvalue weighted by molar-refractivity contribution is 7.83. The molecule has 0 aliphatic rings. The zero-order valence-electron chi connectivity index (χ0n) is 13.9. The van der Waals surface area contributed by atoms with Gasteiger partial charge in [-0.05, 0) is 30.7 Å². The third kappa shape index (κ3) is 3.32. The number of ether oxygens (including phenoxy) is 2. The fraction of sp³-hybridized carbons (Fsp3) is 0.294. The number of nitrogens with zero attached hydrogens (tertiary/aromatic N) is 3. The van der Waals surface area contributed by atoms with Gasteiger partial charge in [0.1, 0.15) is 29.0 Å². The van der Waals surface area contributed by atoms with Crippen LogP contribution in [0, 0.1) is 6.92 Å². The van der Waals surface area contributed by atoms with Crippen molar-refractivity contribution in [3.8, 4) is 17.3 Å². The van der Waals surface area contributed by atoms with Gasteiger partial charge < -0.3 is 9.47 Å². The van der Waals surface area contributed by atoms with Gasteiger partial charge in [0.2, 0.25) is 0 Å². The maximum atomic E-state index is 12.3. The Labute approximate surface area is 143 Å². The van der Waals surface area contributed by atoms with Crippen LogP contribution in [0.1, 0.15) is 5.56 Å². The van der Waals surface area contributed by atoms with Gasteiger partial charge in [0.25, 0.3) is 0 Å². The highest BCUT2D eigenvalue weighted by Crippen LogP contribution is 2.26. The number of fused-ring (bicyclic) bond motifs is 1. The minimum absolute atomic E-state index is 0.454. The van der Waals surface area contributed by atoms with Gasteiger partial charge in [-0.1, -0.05) is 6.07 Å². The van der Waals surface area contributed by atoms with Crippen molar-refractivity contribution in [2.75, 3.05) is 26.6 Å². The van der Waals surface area contributed by atoms with Gasteiger partial charge in [-0.15, -0.1) is 0 Å². The van der Waals surface area contributed by atoms with E-state index < -0.39 is 11.0 Å². The van der Waals surface area contributed by atoms with Crippen molar-refractivity contribution < 1.29 is 13.7 Å². The van der Waals surface area contributed by atoms with E-state index in [-0.39, 0.29) is 0 Å². The van der Waals surface area contributed by atoms with Gasteiger partial charge in [0.05, 0.1) is 17.6 Å². The van der Waals surface area contributed by atoms with Crippen molar-refractivity contribution in [2.45, 2.75) is 6.92 Å². The van der Waals surface area contributed by atoms with Gasteiger partial charge in [-0.3, -0.25) is 4.98 Å². The maximum Gasteiger partial charge on any atom is 0.172 e. The fourth-order valence-corrected chi connectivity index (χ4v) is 3.27. The lowest BCUT2D eigenvalue weighted by Gasteiger charge is -2.08. The molecule has 0 fully saturated rings. The largest absolute Gasteiger partial charge is 0.491 e. The summed E-state index contributed by atoms with van der Waals surface area (Å²) in [4.78, 5) is 9.00. The molecule has 0 spiro atoms. The molecule has 0 saturated carbocycles. The lowest BCUT2D eigenvalue weighted by atomic mass is 10.2. The van der Waals surface area contributed by atoms with Crippen LogP contribution in [0.25, 0.3) is 22.6 Å². The van der Waals surface area contributed by atoms with Crippen LogP contribution < -0.4 is 4.74 Å². The van der Waals surface area contributed by atoms with E-state index >= 15 is 0 Å². The van der Waals surface area contributed by atoms with Gasteiger partial charge in [-0.25, -0.2) is 13.2 Å². The first-order chi connectivity index (χ1) is 11.6. The molecule has 0 N–H and O–H groups in total. The summed E-state index contributed by atoms with van der Waals surface area (Å²) in [5.74, 6) is 1.24. The van der Waals surface area contributed by atoms with Crippen molar-refractivity contribution >= 4 is 22.0 Å². The predicted octanol–water partition coefficient (Wildman–Crippen LogP) is 2.57. The van der Waals surface area contributed by atoms with E-state index in [0.29, 0.717) is 30.5 Å². The molecule has 0 aliphatic heterocycles. The van der Waals surface area contributed by atoms with E-state index in [1.807, 2.05) is 25.1 Å². The van der Waals surface area contributed by atoms with E-state index in [9.17, 15) is 4.21 Å². The highest BCUT2D eigenvalue weighted by Gasteiger charge is 2.16. The van der Waals surface area contributed by atoms with E-state index in [1.54, 1.807) is 35.7 Å². The minimum atomic E-state index is -1.25. The van der Waals surface area contributed by atoms with Gasteiger partial charge in [0, 0.05) is 25.6 Å². The van der Waals surface area contributed by atoms with Crippen molar-refractivity contribution in [1.29, 1.82) is 0 Å². The van der Waals surface area contributed by atoms with E-state index in [0.717, 1.165) is 16.6 Å². The molecule has 2 aromatic heterocycles. The summed E-state index contributed by atoms with van der Waals surface area (Å²) < 4.78 is 24.6. The molecular weight excluding hydrogens is 326 g/mol. The van der Waals surface area contributed by atoms with Crippen LogP contribution in [0.2, 0.25) is 0 Å². The normalized spacial score (nSPS) is 12.5. The second kappa shape index (κ2) is 7.11. The van der Waals surface area contributed by atoms with Crippen LogP contribution in [0.4, 0.5) is 0 Å². The first kappa shape index (κ1) is 16.6. The van der Waals surface area contributed by atoms with Crippen LogP contribution in [0.5, 0.6) is 5.75 Å². The summed E-state index contributed by atoms with van der Waals surface area (Å²) in [6.45, 7) is 2.97. The molecule has 24 heavy (non-hydrogen) atoms. The van der Waals surface area contributed by atoms with Gasteiger partial charge in [-0.2, -0.15) is 0 Å². The van der Waals surface area contributed by atoms with Crippen LogP contribution in [0.15, 0.2) is 36.5 Å². The Morgan fingerprint density at radius 2 is 2.04 bits per heavy atom. The number of aromatic nitrogens is 3.